The molecule has 7 nitrogen and oxygen atoms in total. The van der Waals surface area contributed by atoms with Crippen molar-refractivity contribution in [3.63, 3.8) is 0 Å². The number of hydrogen-bond acceptors (Lipinski definition) is 5. The molecule has 3 aromatic rings. The molecule has 1 fully saturated rings. The van der Waals surface area contributed by atoms with Crippen LogP contribution in [-0.4, -0.2) is 69.2 Å². The number of piperazine rings is 1. The quantitative estimate of drug-likeness (QED) is 0.689. The maximum Gasteiger partial charge on any atom is 0.253 e. The molecule has 1 aliphatic rings. The summed E-state index contributed by atoms with van der Waals surface area (Å²) in [6.45, 7) is 5.58. The van der Waals surface area contributed by atoms with Crippen molar-refractivity contribution in [1.82, 2.24) is 24.8 Å². The maximum absolute atomic E-state index is 12.5. The fourth-order valence-electron chi connectivity index (χ4n) is 3.67. The van der Waals surface area contributed by atoms with Crippen molar-refractivity contribution >= 4 is 22.7 Å². The molecule has 0 bridgehead atoms. The number of Topliss-reactive ketones (excluding diaryl/α,β-unsaturated/α-hetero) is 1. The Morgan fingerprint density at radius 2 is 1.82 bits per heavy atom. The monoisotopic (exact) mass is 377 g/mol. The average Bonchev–Trinajstić information content (AvgIpc) is 3.16. The molecule has 4 rings (SSSR count). The van der Waals surface area contributed by atoms with E-state index in [1.54, 1.807) is 0 Å². The lowest BCUT2D eigenvalue weighted by Gasteiger charge is -2.34. The second-order valence-corrected chi connectivity index (χ2v) is 7.07. The molecule has 144 valence electrons. The number of rotatable bonds is 5. The predicted molar refractivity (Wildman–Crippen MR) is 106 cm³/mol. The predicted octanol–water partition coefficient (Wildman–Crippen LogP) is 2.16. The standard InChI is InChI=1S/C21H23N5O2/c1-15(27)18-20-19(24-14-23-18)17(13-22-20)7-8-25-9-11-26(12-10-25)21(28)16-5-3-2-4-6-16/h2-6,13-14,22H,7-12H2,1H3. The molecule has 28 heavy (non-hydrogen) atoms. The van der Waals surface area contributed by atoms with Crippen molar-refractivity contribution in [3.8, 4) is 0 Å². The van der Waals surface area contributed by atoms with Crippen LogP contribution in [0.5, 0.6) is 0 Å². The molecule has 1 saturated heterocycles. The Morgan fingerprint density at radius 3 is 2.54 bits per heavy atom. The summed E-state index contributed by atoms with van der Waals surface area (Å²) in [7, 11) is 0. The number of carbonyl (C=O) groups is 2. The van der Waals surface area contributed by atoms with Gasteiger partial charge >= 0.3 is 0 Å². The summed E-state index contributed by atoms with van der Waals surface area (Å²) in [6.07, 6.45) is 4.20. The van der Waals surface area contributed by atoms with E-state index in [1.165, 1.54) is 13.3 Å². The highest BCUT2D eigenvalue weighted by Crippen LogP contribution is 2.19. The van der Waals surface area contributed by atoms with Gasteiger partial charge in [-0.15, -0.1) is 0 Å². The molecule has 0 atom stereocenters. The molecule has 0 aliphatic carbocycles. The second kappa shape index (κ2) is 7.90. The summed E-state index contributed by atoms with van der Waals surface area (Å²) in [5, 5.41) is 0. The second-order valence-electron chi connectivity index (χ2n) is 7.07. The summed E-state index contributed by atoms with van der Waals surface area (Å²) in [5.74, 6) is 0.0327. The zero-order valence-corrected chi connectivity index (χ0v) is 15.9. The Kier molecular flexibility index (Phi) is 5.16. The zero-order valence-electron chi connectivity index (χ0n) is 15.9. The normalized spacial score (nSPS) is 15.1. The highest BCUT2D eigenvalue weighted by molar-refractivity contribution is 6.03. The van der Waals surface area contributed by atoms with Crippen LogP contribution < -0.4 is 0 Å². The summed E-state index contributed by atoms with van der Waals surface area (Å²) in [6, 6.07) is 9.44. The van der Waals surface area contributed by atoms with Gasteiger partial charge in [-0.3, -0.25) is 14.5 Å². The van der Waals surface area contributed by atoms with Crippen LogP contribution in [0.1, 0.15) is 33.3 Å². The largest absolute Gasteiger partial charge is 0.358 e. The van der Waals surface area contributed by atoms with Crippen LogP contribution in [0.4, 0.5) is 0 Å². The van der Waals surface area contributed by atoms with E-state index in [9.17, 15) is 9.59 Å². The number of aromatic nitrogens is 3. The van der Waals surface area contributed by atoms with E-state index in [2.05, 4.69) is 19.9 Å². The zero-order chi connectivity index (χ0) is 19.5. The first-order chi connectivity index (χ1) is 13.6. The van der Waals surface area contributed by atoms with Gasteiger partial charge in [0.15, 0.2) is 5.78 Å². The lowest BCUT2D eigenvalue weighted by Crippen LogP contribution is -2.49. The smallest absolute Gasteiger partial charge is 0.253 e. The molecule has 0 radical (unpaired) electrons. The molecule has 1 amide bonds. The van der Waals surface area contributed by atoms with Gasteiger partial charge in [0, 0.05) is 51.4 Å². The first-order valence-corrected chi connectivity index (χ1v) is 9.52. The third-order valence-corrected chi connectivity index (χ3v) is 5.25. The molecule has 3 heterocycles. The average molecular weight is 377 g/mol. The minimum Gasteiger partial charge on any atom is -0.358 e. The molecule has 1 N–H and O–H groups in total. The molecule has 0 saturated carbocycles. The number of nitrogens with one attached hydrogen (secondary N) is 1. The Balaban J connectivity index is 1.35. The van der Waals surface area contributed by atoms with E-state index in [0.717, 1.165) is 55.8 Å². The number of aromatic amines is 1. The van der Waals surface area contributed by atoms with Crippen LogP contribution in [0.2, 0.25) is 0 Å². The number of benzene rings is 1. The van der Waals surface area contributed by atoms with Crippen LogP contribution in [-0.2, 0) is 6.42 Å². The van der Waals surface area contributed by atoms with Crippen molar-refractivity contribution in [1.29, 1.82) is 0 Å². The number of fused-ring (bicyclic) bond motifs is 1. The van der Waals surface area contributed by atoms with Crippen molar-refractivity contribution in [2.24, 2.45) is 0 Å². The Bertz CT molecular complexity index is 990. The van der Waals surface area contributed by atoms with E-state index >= 15 is 0 Å². The minimum absolute atomic E-state index is 0.0694. The number of H-pyrrole nitrogens is 1. The van der Waals surface area contributed by atoms with Crippen molar-refractivity contribution in [2.45, 2.75) is 13.3 Å². The fraction of sp³-hybridized carbons (Fsp3) is 0.333. The van der Waals surface area contributed by atoms with E-state index in [-0.39, 0.29) is 11.7 Å². The first kappa shape index (κ1) is 18.3. The van der Waals surface area contributed by atoms with Gasteiger partial charge in [-0.05, 0) is 24.1 Å². The molecular weight excluding hydrogens is 354 g/mol. The number of nitrogens with zero attached hydrogens (tertiary/aromatic N) is 4. The Labute approximate surface area is 163 Å². The van der Waals surface area contributed by atoms with Gasteiger partial charge < -0.3 is 9.88 Å². The SMILES string of the molecule is CC(=O)c1ncnc2c(CCN3CCN(C(=O)c4ccccc4)CC3)c[nH]c12. The van der Waals surface area contributed by atoms with E-state index in [0.29, 0.717) is 11.2 Å². The third-order valence-electron chi connectivity index (χ3n) is 5.25. The van der Waals surface area contributed by atoms with Gasteiger partial charge in [0.2, 0.25) is 0 Å². The number of hydrogen-bond donors (Lipinski definition) is 1. The number of amides is 1. The molecule has 1 aliphatic heterocycles. The van der Waals surface area contributed by atoms with E-state index in [4.69, 9.17) is 0 Å². The van der Waals surface area contributed by atoms with Crippen LogP contribution in [0.3, 0.4) is 0 Å². The summed E-state index contributed by atoms with van der Waals surface area (Å²) < 4.78 is 0. The fourth-order valence-corrected chi connectivity index (χ4v) is 3.67. The van der Waals surface area contributed by atoms with Gasteiger partial charge in [-0.2, -0.15) is 0 Å². The number of ketones is 1. The van der Waals surface area contributed by atoms with Crippen molar-refractivity contribution < 1.29 is 9.59 Å². The van der Waals surface area contributed by atoms with Gasteiger partial charge in [-0.25, -0.2) is 9.97 Å². The summed E-state index contributed by atoms with van der Waals surface area (Å²) >= 11 is 0. The van der Waals surface area contributed by atoms with Gasteiger partial charge in [0.1, 0.15) is 12.0 Å². The first-order valence-electron chi connectivity index (χ1n) is 9.52. The van der Waals surface area contributed by atoms with Crippen LogP contribution in [0, 0.1) is 0 Å². The molecule has 1 aromatic carbocycles. The Morgan fingerprint density at radius 1 is 1.07 bits per heavy atom. The van der Waals surface area contributed by atoms with Gasteiger partial charge in [0.25, 0.3) is 5.91 Å². The summed E-state index contributed by atoms with van der Waals surface area (Å²) in [5.41, 5.74) is 3.80. The highest BCUT2D eigenvalue weighted by Gasteiger charge is 2.22. The van der Waals surface area contributed by atoms with E-state index in [1.807, 2.05) is 41.4 Å². The van der Waals surface area contributed by atoms with E-state index < -0.39 is 0 Å². The molecule has 0 spiro atoms. The number of carbonyl (C=O) groups excluding carboxylic acids is 2. The minimum atomic E-state index is -0.0694. The molecule has 2 aromatic heterocycles. The van der Waals surface area contributed by atoms with Crippen molar-refractivity contribution in [2.75, 3.05) is 32.7 Å². The lowest BCUT2D eigenvalue weighted by atomic mass is 10.1. The molecular formula is C21H23N5O2. The van der Waals surface area contributed by atoms with Crippen LogP contribution >= 0.6 is 0 Å². The van der Waals surface area contributed by atoms with Gasteiger partial charge in [-0.1, -0.05) is 18.2 Å². The highest BCUT2D eigenvalue weighted by atomic mass is 16.2. The third kappa shape index (κ3) is 3.66. The van der Waals surface area contributed by atoms with Gasteiger partial charge in [0.05, 0.1) is 11.0 Å². The summed E-state index contributed by atoms with van der Waals surface area (Å²) in [4.78, 5) is 40.1. The van der Waals surface area contributed by atoms with Crippen molar-refractivity contribution in [3.05, 3.63) is 59.7 Å². The van der Waals surface area contributed by atoms with Crippen LogP contribution in [0.25, 0.3) is 11.0 Å². The molecule has 7 heteroatoms. The van der Waals surface area contributed by atoms with Crippen LogP contribution in [0.15, 0.2) is 42.9 Å². The topological polar surface area (TPSA) is 82.2 Å². The lowest BCUT2D eigenvalue weighted by molar-refractivity contribution is 0.0638. The maximum atomic E-state index is 12.5. The molecule has 0 unspecified atom stereocenters. The Hall–Kier alpha value is -3.06.